The number of nitrogens with zero attached hydrogens (tertiary/aromatic N) is 1. The SMILES string of the molecule is CSc1cccc(-c2ncc(C3=CCC(Oc4ccccc4)C=C3)c(C(=N)N)c2N)c1. The van der Waals surface area contributed by atoms with Crippen LogP contribution in [0.3, 0.4) is 0 Å². The number of hydrogen-bond donors (Lipinski definition) is 3. The number of amidine groups is 1. The molecule has 31 heavy (non-hydrogen) atoms. The molecule has 0 spiro atoms. The Morgan fingerprint density at radius 3 is 2.65 bits per heavy atom. The molecule has 1 aromatic heterocycles. The Balaban J connectivity index is 1.64. The minimum Gasteiger partial charge on any atom is -0.486 e. The number of benzene rings is 2. The van der Waals surface area contributed by atoms with Crippen LogP contribution in [0.1, 0.15) is 17.5 Å². The van der Waals surface area contributed by atoms with Crippen LogP contribution in [0.25, 0.3) is 16.8 Å². The average molecular weight is 429 g/mol. The highest BCUT2D eigenvalue weighted by molar-refractivity contribution is 7.98. The number of ether oxygens (including phenoxy) is 1. The summed E-state index contributed by atoms with van der Waals surface area (Å²) in [4.78, 5) is 5.76. The second kappa shape index (κ2) is 9.10. The molecule has 0 aliphatic heterocycles. The fourth-order valence-electron chi connectivity index (χ4n) is 3.60. The minimum atomic E-state index is -0.0749. The van der Waals surface area contributed by atoms with Gasteiger partial charge in [0, 0.05) is 28.6 Å². The quantitative estimate of drug-likeness (QED) is 0.287. The Kier molecular flexibility index (Phi) is 6.09. The topological polar surface area (TPSA) is 98.0 Å². The van der Waals surface area contributed by atoms with E-state index in [4.69, 9.17) is 21.6 Å². The van der Waals surface area contributed by atoms with E-state index >= 15 is 0 Å². The van der Waals surface area contributed by atoms with Gasteiger partial charge in [-0.15, -0.1) is 11.8 Å². The van der Waals surface area contributed by atoms with Gasteiger partial charge in [-0.1, -0.05) is 42.5 Å². The second-order valence-corrected chi connectivity index (χ2v) is 8.06. The predicted molar refractivity (Wildman–Crippen MR) is 129 cm³/mol. The van der Waals surface area contributed by atoms with Gasteiger partial charge < -0.3 is 16.2 Å². The van der Waals surface area contributed by atoms with Crippen molar-refractivity contribution < 1.29 is 4.74 Å². The van der Waals surface area contributed by atoms with E-state index in [9.17, 15) is 0 Å². The largest absolute Gasteiger partial charge is 0.486 e. The summed E-state index contributed by atoms with van der Waals surface area (Å²) in [6.45, 7) is 0. The number of nitrogens with one attached hydrogen (secondary N) is 1. The molecule has 1 aliphatic rings. The molecule has 156 valence electrons. The van der Waals surface area contributed by atoms with Crippen LogP contribution in [0.2, 0.25) is 0 Å². The predicted octanol–water partition coefficient (Wildman–Crippen LogP) is 5.13. The third-order valence-electron chi connectivity index (χ3n) is 5.13. The van der Waals surface area contributed by atoms with E-state index in [2.05, 4.69) is 11.1 Å². The lowest BCUT2D eigenvalue weighted by molar-refractivity contribution is 0.252. The van der Waals surface area contributed by atoms with Crippen LogP contribution in [-0.2, 0) is 0 Å². The number of nitrogens with two attached hydrogens (primary N) is 2. The summed E-state index contributed by atoms with van der Waals surface area (Å²) >= 11 is 1.65. The van der Waals surface area contributed by atoms with Crippen molar-refractivity contribution in [2.75, 3.05) is 12.0 Å². The molecule has 3 aromatic rings. The van der Waals surface area contributed by atoms with E-state index in [0.29, 0.717) is 23.4 Å². The Morgan fingerprint density at radius 2 is 1.97 bits per heavy atom. The highest BCUT2D eigenvalue weighted by atomic mass is 32.2. The highest BCUT2D eigenvalue weighted by Gasteiger charge is 2.20. The molecule has 5 N–H and O–H groups in total. The van der Waals surface area contributed by atoms with Crippen LogP contribution >= 0.6 is 11.8 Å². The molecule has 0 fully saturated rings. The number of pyridine rings is 1. The number of allylic oxidation sites excluding steroid dienone is 2. The smallest absolute Gasteiger partial charge is 0.125 e. The summed E-state index contributed by atoms with van der Waals surface area (Å²) in [6, 6.07) is 17.8. The first-order valence-electron chi connectivity index (χ1n) is 9.94. The molecule has 2 aromatic carbocycles. The molecule has 0 amide bonds. The van der Waals surface area contributed by atoms with Crippen molar-refractivity contribution >= 4 is 28.9 Å². The van der Waals surface area contributed by atoms with E-state index < -0.39 is 0 Å². The number of aromatic nitrogens is 1. The first-order chi connectivity index (χ1) is 15.1. The molecule has 0 saturated heterocycles. The van der Waals surface area contributed by atoms with Gasteiger partial charge in [-0.25, -0.2) is 0 Å². The maximum atomic E-state index is 8.15. The third-order valence-corrected chi connectivity index (χ3v) is 5.86. The normalized spacial score (nSPS) is 15.4. The fourth-order valence-corrected chi connectivity index (χ4v) is 4.06. The first-order valence-corrected chi connectivity index (χ1v) is 11.2. The summed E-state index contributed by atoms with van der Waals surface area (Å²) in [6.07, 6.45) is 10.5. The van der Waals surface area contributed by atoms with Gasteiger partial charge in [-0.2, -0.15) is 0 Å². The highest BCUT2D eigenvalue weighted by Crippen LogP contribution is 2.34. The Labute approximate surface area is 186 Å². The molecule has 1 heterocycles. The number of para-hydroxylation sites is 1. The Hall–Kier alpha value is -3.51. The molecule has 4 rings (SSSR count). The molecule has 0 radical (unpaired) electrons. The van der Waals surface area contributed by atoms with Gasteiger partial charge in [-0.3, -0.25) is 10.4 Å². The van der Waals surface area contributed by atoms with Crippen LogP contribution in [0.5, 0.6) is 5.75 Å². The van der Waals surface area contributed by atoms with Gasteiger partial charge >= 0.3 is 0 Å². The van der Waals surface area contributed by atoms with Crippen molar-refractivity contribution in [3.8, 4) is 17.0 Å². The van der Waals surface area contributed by atoms with E-state index in [-0.39, 0.29) is 11.9 Å². The van der Waals surface area contributed by atoms with Crippen molar-refractivity contribution in [1.29, 1.82) is 5.41 Å². The summed E-state index contributed by atoms with van der Waals surface area (Å²) in [5.74, 6) is 0.760. The summed E-state index contributed by atoms with van der Waals surface area (Å²) in [5.41, 5.74) is 16.6. The lowest BCUT2D eigenvalue weighted by Gasteiger charge is -2.20. The van der Waals surface area contributed by atoms with Crippen molar-refractivity contribution in [2.24, 2.45) is 5.73 Å². The summed E-state index contributed by atoms with van der Waals surface area (Å²) in [7, 11) is 0. The third kappa shape index (κ3) is 4.49. The maximum absolute atomic E-state index is 8.15. The Bertz CT molecular complexity index is 1170. The molecule has 5 nitrogen and oxygen atoms in total. The van der Waals surface area contributed by atoms with Crippen LogP contribution in [0.15, 0.2) is 83.9 Å². The van der Waals surface area contributed by atoms with Crippen LogP contribution in [0.4, 0.5) is 5.69 Å². The monoisotopic (exact) mass is 428 g/mol. The lowest BCUT2D eigenvalue weighted by Crippen LogP contribution is -2.19. The standard InChI is InChI=1S/C25H24N4OS/c1-31-20-9-5-6-17(14-20)24-23(26)22(25(27)28)21(15-29-24)16-10-12-19(13-11-16)30-18-7-3-2-4-8-18/h2-12,14-15,19H,13,26H2,1H3,(H3,27,28). The van der Waals surface area contributed by atoms with Crippen LogP contribution in [0, 0.1) is 5.41 Å². The zero-order valence-electron chi connectivity index (χ0n) is 17.2. The van der Waals surface area contributed by atoms with Crippen molar-refractivity contribution in [3.05, 3.63) is 90.1 Å². The van der Waals surface area contributed by atoms with E-state index in [1.165, 1.54) is 0 Å². The van der Waals surface area contributed by atoms with Gasteiger partial charge in [0.1, 0.15) is 17.7 Å². The summed E-state index contributed by atoms with van der Waals surface area (Å²) < 4.78 is 6.00. The van der Waals surface area contributed by atoms with Crippen LogP contribution in [-0.4, -0.2) is 23.2 Å². The molecule has 0 saturated carbocycles. The number of rotatable bonds is 6. The molecule has 6 heteroatoms. The van der Waals surface area contributed by atoms with Crippen molar-refractivity contribution in [3.63, 3.8) is 0 Å². The number of anilines is 1. The summed E-state index contributed by atoms with van der Waals surface area (Å²) in [5, 5.41) is 8.15. The number of thioether (sulfide) groups is 1. The number of nitrogen functional groups attached to an aromatic ring is 2. The molecular weight excluding hydrogens is 404 g/mol. The molecular formula is C25H24N4OS. The van der Waals surface area contributed by atoms with Gasteiger partial charge in [0.15, 0.2) is 0 Å². The van der Waals surface area contributed by atoms with Crippen molar-refractivity contribution in [2.45, 2.75) is 17.4 Å². The van der Waals surface area contributed by atoms with Gasteiger partial charge in [0.25, 0.3) is 0 Å². The molecule has 1 atom stereocenters. The Morgan fingerprint density at radius 1 is 1.16 bits per heavy atom. The average Bonchev–Trinajstić information content (AvgIpc) is 2.80. The lowest BCUT2D eigenvalue weighted by atomic mass is 9.93. The minimum absolute atomic E-state index is 0.0502. The van der Waals surface area contributed by atoms with Crippen LogP contribution < -0.4 is 16.2 Å². The fraction of sp³-hybridized carbons (Fsp3) is 0.120. The van der Waals surface area contributed by atoms with Gasteiger partial charge in [-0.05, 0) is 42.2 Å². The number of hydrogen-bond acceptors (Lipinski definition) is 5. The maximum Gasteiger partial charge on any atom is 0.125 e. The van der Waals surface area contributed by atoms with Gasteiger partial charge in [0.05, 0.1) is 16.9 Å². The zero-order chi connectivity index (χ0) is 21.8. The van der Waals surface area contributed by atoms with Gasteiger partial charge in [0.2, 0.25) is 0 Å². The molecule has 0 bridgehead atoms. The second-order valence-electron chi connectivity index (χ2n) is 7.18. The molecule has 1 unspecified atom stereocenters. The molecule has 1 aliphatic carbocycles. The van der Waals surface area contributed by atoms with E-state index in [1.54, 1.807) is 18.0 Å². The zero-order valence-corrected chi connectivity index (χ0v) is 18.0. The van der Waals surface area contributed by atoms with E-state index in [1.807, 2.05) is 73.0 Å². The van der Waals surface area contributed by atoms with Crippen molar-refractivity contribution in [1.82, 2.24) is 4.98 Å². The first kappa shape index (κ1) is 20.8. The van der Waals surface area contributed by atoms with E-state index in [0.717, 1.165) is 27.3 Å².